The van der Waals surface area contributed by atoms with E-state index in [-0.39, 0.29) is 12.5 Å². The third kappa shape index (κ3) is 6.63. The maximum atomic E-state index is 13.3. The van der Waals surface area contributed by atoms with Gasteiger partial charge in [0.25, 0.3) is 0 Å². The van der Waals surface area contributed by atoms with Crippen molar-refractivity contribution < 1.29 is 19.1 Å². The molecule has 1 amide bonds. The van der Waals surface area contributed by atoms with E-state index >= 15 is 0 Å². The number of benzene rings is 2. The molecule has 2 rings (SSSR count). The summed E-state index contributed by atoms with van der Waals surface area (Å²) >= 11 is 0. The van der Waals surface area contributed by atoms with E-state index < -0.39 is 23.2 Å². The Kier molecular flexibility index (Phi) is 7.43. The van der Waals surface area contributed by atoms with Crippen molar-refractivity contribution in [2.45, 2.75) is 58.8 Å². The Bertz CT molecular complexity index is 797. The molecule has 2 aromatic carbocycles. The maximum Gasteiger partial charge on any atom is 0.408 e. The number of alkyl carbamates (subject to hydrolysis) is 1. The summed E-state index contributed by atoms with van der Waals surface area (Å²) in [6, 6.07) is 19.1. The second-order valence-corrected chi connectivity index (χ2v) is 8.48. The molecule has 29 heavy (non-hydrogen) atoms. The molecule has 0 spiro atoms. The molecule has 0 saturated carbocycles. The zero-order chi connectivity index (χ0) is 21.5. The molecule has 0 heterocycles. The molecule has 5 heteroatoms. The molecule has 0 fully saturated rings. The molecular formula is C24H31NO4. The highest BCUT2D eigenvalue weighted by Crippen LogP contribution is 2.26. The minimum absolute atomic E-state index is 0.138. The zero-order valence-corrected chi connectivity index (χ0v) is 17.9. The first kappa shape index (κ1) is 22.5. The van der Waals surface area contributed by atoms with E-state index in [0.717, 1.165) is 11.1 Å². The van der Waals surface area contributed by atoms with Crippen LogP contribution in [-0.2, 0) is 27.3 Å². The van der Waals surface area contributed by atoms with Crippen LogP contribution in [0.5, 0.6) is 0 Å². The summed E-state index contributed by atoms with van der Waals surface area (Å²) < 4.78 is 11.1. The van der Waals surface area contributed by atoms with Crippen molar-refractivity contribution in [1.82, 2.24) is 5.32 Å². The monoisotopic (exact) mass is 397 g/mol. The number of amides is 1. The predicted octanol–water partition coefficient (Wildman–Crippen LogP) is 4.89. The smallest absolute Gasteiger partial charge is 0.408 e. The molecule has 0 aromatic heterocycles. The molecule has 5 nitrogen and oxygen atoms in total. The highest BCUT2D eigenvalue weighted by atomic mass is 16.6. The van der Waals surface area contributed by atoms with Crippen LogP contribution in [0.4, 0.5) is 4.79 Å². The number of hydrogen-bond donors (Lipinski definition) is 1. The van der Waals surface area contributed by atoms with Crippen molar-refractivity contribution in [3.8, 4) is 0 Å². The molecule has 0 unspecified atom stereocenters. The van der Waals surface area contributed by atoms with Gasteiger partial charge in [0.1, 0.15) is 17.7 Å². The van der Waals surface area contributed by atoms with Gasteiger partial charge in [0.2, 0.25) is 0 Å². The zero-order valence-electron chi connectivity index (χ0n) is 17.9. The Balaban J connectivity index is 2.30. The van der Waals surface area contributed by atoms with Gasteiger partial charge in [-0.25, -0.2) is 9.59 Å². The average Bonchev–Trinajstić information content (AvgIpc) is 2.65. The van der Waals surface area contributed by atoms with Crippen LogP contribution in [-0.4, -0.2) is 23.2 Å². The van der Waals surface area contributed by atoms with Crippen molar-refractivity contribution in [3.05, 3.63) is 71.8 Å². The van der Waals surface area contributed by atoms with Gasteiger partial charge in [-0.15, -0.1) is 0 Å². The number of nitrogens with one attached hydrogen (secondary N) is 1. The Morgan fingerprint density at radius 2 is 1.41 bits per heavy atom. The largest absolute Gasteiger partial charge is 0.459 e. The fourth-order valence-electron chi connectivity index (χ4n) is 3.01. The topological polar surface area (TPSA) is 64.6 Å². The molecule has 0 aliphatic carbocycles. The highest BCUT2D eigenvalue weighted by molar-refractivity contribution is 5.86. The van der Waals surface area contributed by atoms with Crippen LogP contribution in [0.15, 0.2) is 60.7 Å². The van der Waals surface area contributed by atoms with E-state index in [9.17, 15) is 9.59 Å². The molecule has 156 valence electrons. The SMILES string of the molecule is CC(C)[C@](Cc1ccccc1)(NC(=O)OC(C)(C)C)C(=O)OCc1ccccc1. The van der Waals surface area contributed by atoms with Gasteiger partial charge in [0.05, 0.1) is 0 Å². The van der Waals surface area contributed by atoms with Crippen molar-refractivity contribution in [3.63, 3.8) is 0 Å². The van der Waals surface area contributed by atoms with E-state index in [2.05, 4.69) is 5.32 Å². The summed E-state index contributed by atoms with van der Waals surface area (Å²) in [4.78, 5) is 25.9. The van der Waals surface area contributed by atoms with Crippen LogP contribution in [0.2, 0.25) is 0 Å². The molecule has 0 bridgehead atoms. The van der Waals surface area contributed by atoms with Crippen molar-refractivity contribution in [1.29, 1.82) is 0 Å². The normalized spacial score (nSPS) is 13.4. The summed E-state index contributed by atoms with van der Waals surface area (Å²) in [5.41, 5.74) is -0.115. The van der Waals surface area contributed by atoms with Crippen LogP contribution in [0.3, 0.4) is 0 Å². The first-order valence-corrected chi connectivity index (χ1v) is 9.88. The lowest BCUT2D eigenvalue weighted by molar-refractivity contribution is -0.155. The summed E-state index contributed by atoms with van der Waals surface area (Å²) in [6.07, 6.45) is -0.336. The van der Waals surface area contributed by atoms with E-state index in [1.807, 2.05) is 74.5 Å². The van der Waals surface area contributed by atoms with E-state index in [4.69, 9.17) is 9.47 Å². The number of carbonyl (C=O) groups excluding carboxylic acids is 2. The van der Waals surface area contributed by atoms with Crippen LogP contribution in [0.25, 0.3) is 0 Å². The predicted molar refractivity (Wildman–Crippen MR) is 113 cm³/mol. The second-order valence-electron chi connectivity index (χ2n) is 8.48. The Labute approximate surface area is 173 Å². The lowest BCUT2D eigenvalue weighted by Crippen LogP contribution is -2.61. The molecule has 0 saturated heterocycles. The van der Waals surface area contributed by atoms with E-state index in [1.54, 1.807) is 20.8 Å². The summed E-state index contributed by atoms with van der Waals surface area (Å²) in [5, 5.41) is 2.84. The van der Waals surface area contributed by atoms with E-state index in [0.29, 0.717) is 6.42 Å². The standard InChI is InChI=1S/C24H31NO4/c1-18(2)24(16-19-12-8-6-9-13-19,25-22(27)29-23(3,4)5)21(26)28-17-20-14-10-7-11-15-20/h6-15,18H,16-17H2,1-5H3,(H,25,27)/t24-/m0/s1. The van der Waals surface area contributed by atoms with Gasteiger partial charge in [-0.2, -0.15) is 0 Å². The summed E-state index contributed by atoms with van der Waals surface area (Å²) in [7, 11) is 0. The lowest BCUT2D eigenvalue weighted by atomic mass is 9.80. The minimum Gasteiger partial charge on any atom is -0.459 e. The molecule has 0 aliphatic rings. The Morgan fingerprint density at radius 3 is 1.90 bits per heavy atom. The van der Waals surface area contributed by atoms with Gasteiger partial charge in [-0.3, -0.25) is 0 Å². The number of carbonyl (C=O) groups is 2. The van der Waals surface area contributed by atoms with Gasteiger partial charge >= 0.3 is 12.1 Å². The van der Waals surface area contributed by atoms with Gasteiger partial charge in [0.15, 0.2) is 0 Å². The van der Waals surface area contributed by atoms with Gasteiger partial charge in [-0.05, 0) is 37.8 Å². The lowest BCUT2D eigenvalue weighted by Gasteiger charge is -2.36. The van der Waals surface area contributed by atoms with E-state index in [1.165, 1.54) is 0 Å². The summed E-state index contributed by atoms with van der Waals surface area (Å²) in [5.74, 6) is -0.704. The van der Waals surface area contributed by atoms with Crippen molar-refractivity contribution in [2.24, 2.45) is 5.92 Å². The first-order valence-electron chi connectivity index (χ1n) is 9.88. The molecule has 1 N–H and O–H groups in total. The molecule has 2 aromatic rings. The van der Waals surface area contributed by atoms with Gasteiger partial charge in [0, 0.05) is 6.42 Å². The highest BCUT2D eigenvalue weighted by Gasteiger charge is 2.45. The Morgan fingerprint density at radius 1 is 0.897 bits per heavy atom. The first-order chi connectivity index (χ1) is 13.6. The number of hydrogen-bond acceptors (Lipinski definition) is 4. The van der Waals surface area contributed by atoms with Gasteiger partial charge < -0.3 is 14.8 Å². The maximum absolute atomic E-state index is 13.3. The van der Waals surface area contributed by atoms with Crippen LogP contribution >= 0.6 is 0 Å². The average molecular weight is 398 g/mol. The molecule has 0 radical (unpaired) electrons. The second kappa shape index (κ2) is 9.59. The van der Waals surface area contributed by atoms with Crippen LogP contribution in [0, 0.1) is 5.92 Å². The number of esters is 1. The van der Waals surface area contributed by atoms with Crippen LogP contribution < -0.4 is 5.32 Å². The van der Waals surface area contributed by atoms with Crippen molar-refractivity contribution >= 4 is 12.1 Å². The third-order valence-corrected chi connectivity index (χ3v) is 4.61. The molecule has 0 aliphatic heterocycles. The Hall–Kier alpha value is -2.82. The van der Waals surface area contributed by atoms with Gasteiger partial charge in [-0.1, -0.05) is 74.5 Å². The van der Waals surface area contributed by atoms with Crippen molar-refractivity contribution in [2.75, 3.05) is 0 Å². The molecule has 1 atom stereocenters. The quantitative estimate of drug-likeness (QED) is 0.676. The fraction of sp³-hybridized carbons (Fsp3) is 0.417. The van der Waals surface area contributed by atoms with Crippen LogP contribution in [0.1, 0.15) is 45.7 Å². The third-order valence-electron chi connectivity index (χ3n) is 4.61. The molecular weight excluding hydrogens is 366 g/mol. The number of rotatable bonds is 7. The summed E-state index contributed by atoms with van der Waals surface area (Å²) in [6.45, 7) is 9.28. The minimum atomic E-state index is -1.25. The fourth-order valence-corrected chi connectivity index (χ4v) is 3.01. The number of ether oxygens (including phenoxy) is 2.